The minimum absolute atomic E-state index is 0.777. The topological polar surface area (TPSA) is 29.5 Å². The third kappa shape index (κ3) is 197. The Morgan fingerprint density at radius 2 is 0.783 bits per heavy atom. The smallest absolute Gasteiger partial charge is 0.173 e. The molecule has 2 nitrogen and oxygen atoms in total. The molecular weight excluding hydrogens is 672 g/mol. The van der Waals surface area contributed by atoms with Crippen LogP contribution in [0.4, 0.5) is 0 Å². The molecule has 0 aromatic rings. The number of hydrogen-bond donors (Lipinski definition) is 1. The molecule has 0 aliphatic heterocycles. The molecule has 0 amide bonds. The first kappa shape index (κ1) is 86.1. The highest BCUT2D eigenvalue weighted by Crippen LogP contribution is 2.21. The van der Waals surface area contributed by atoms with Crippen LogP contribution < -0.4 is 0 Å². The van der Waals surface area contributed by atoms with Crippen molar-refractivity contribution in [2.75, 3.05) is 11.8 Å². The summed E-state index contributed by atoms with van der Waals surface area (Å²) in [4.78, 5) is 8.19. The van der Waals surface area contributed by atoms with E-state index in [4.69, 9.17) is 32.1 Å². The van der Waals surface area contributed by atoms with Crippen molar-refractivity contribution in [2.45, 2.75) is 229 Å². The van der Waals surface area contributed by atoms with Crippen molar-refractivity contribution in [1.29, 1.82) is 0 Å². The highest BCUT2D eigenvalue weighted by atomic mass is 35.5. The molecule has 0 unspecified atom stereocenters. The average molecular weight is 779 g/mol. The second kappa shape index (κ2) is 103. The standard InChI is InChI=1S/C9H19ClSi.C7H19ClOSi2.C2H8OSi.10C2H6/c1-9(2)8-11(3,4)7-5-6-10;1-10(2)9-11(3,4)7-5-6-8;1-4(2)3;10*1-2/h1,5-8H2,2-4H3;10H,5-7H2,1-4H3;3-4H,1-2H3;10*1-2H3. The molecule has 0 radical (unpaired) electrons. The van der Waals surface area contributed by atoms with Crippen LogP contribution >= 0.6 is 23.2 Å². The highest BCUT2D eigenvalue weighted by molar-refractivity contribution is 6.78. The fourth-order valence-corrected chi connectivity index (χ4v) is 12.9. The Morgan fingerprint density at radius 3 is 0.957 bits per heavy atom. The minimum atomic E-state index is -1.31. The average Bonchev–Trinajstić information content (AvgIpc) is 3.07. The minimum Gasteiger partial charge on any atom is -0.458 e. The summed E-state index contributed by atoms with van der Waals surface area (Å²) in [6.07, 6.45) is 2.29. The Kier molecular flexibility index (Phi) is 194. The van der Waals surface area contributed by atoms with Crippen LogP contribution in [0.2, 0.25) is 70.5 Å². The van der Waals surface area contributed by atoms with Crippen molar-refractivity contribution in [3.05, 3.63) is 12.2 Å². The van der Waals surface area contributed by atoms with Gasteiger partial charge in [0.05, 0.1) is 8.07 Å². The van der Waals surface area contributed by atoms with Crippen molar-refractivity contribution < 1.29 is 8.91 Å². The van der Waals surface area contributed by atoms with Gasteiger partial charge in [0.1, 0.15) is 0 Å². The normalized spacial score (nSPS) is 7.87. The van der Waals surface area contributed by atoms with E-state index >= 15 is 0 Å². The second-order valence-corrected chi connectivity index (χ2v) is 24.1. The molecule has 1 N–H and O–H groups in total. The van der Waals surface area contributed by atoms with Crippen molar-refractivity contribution in [1.82, 2.24) is 0 Å². The van der Waals surface area contributed by atoms with Gasteiger partial charge in [0.25, 0.3) is 0 Å². The Morgan fingerprint density at radius 1 is 0.565 bits per heavy atom. The lowest BCUT2D eigenvalue weighted by molar-refractivity contribution is 0.568. The molecule has 0 atom stereocenters. The van der Waals surface area contributed by atoms with Crippen LogP contribution in [0.25, 0.3) is 0 Å². The van der Waals surface area contributed by atoms with E-state index in [0.717, 1.165) is 18.2 Å². The van der Waals surface area contributed by atoms with Gasteiger partial charge in [-0.05, 0) is 71.1 Å². The maximum absolute atomic E-state index is 8.19. The summed E-state index contributed by atoms with van der Waals surface area (Å²) in [6.45, 7) is 63.6. The maximum atomic E-state index is 8.19. The zero-order valence-electron chi connectivity index (χ0n) is 38.9. The fraction of sp³-hybridized carbons (Fsp3) is 0.947. The summed E-state index contributed by atoms with van der Waals surface area (Å²) in [6, 6.07) is 3.80. The van der Waals surface area contributed by atoms with Crippen LogP contribution in [0, 0.1) is 0 Å². The molecule has 0 saturated carbocycles. The molecule has 0 aromatic heterocycles. The van der Waals surface area contributed by atoms with Crippen molar-refractivity contribution in [2.24, 2.45) is 0 Å². The Balaban J connectivity index is -0.0000000261. The molecular formula is C38H106Cl2O2Si4. The van der Waals surface area contributed by atoms with Crippen molar-refractivity contribution in [3.63, 3.8) is 0 Å². The Bertz CT molecular complexity index is 344. The van der Waals surface area contributed by atoms with E-state index in [1.807, 2.05) is 152 Å². The van der Waals surface area contributed by atoms with Gasteiger partial charge in [-0.1, -0.05) is 163 Å². The highest BCUT2D eigenvalue weighted by Gasteiger charge is 2.22. The molecule has 0 saturated heterocycles. The molecule has 300 valence electrons. The van der Waals surface area contributed by atoms with Gasteiger partial charge in [-0.2, -0.15) is 0 Å². The summed E-state index contributed by atoms with van der Waals surface area (Å²) in [7, 11) is -4.24. The molecule has 0 spiro atoms. The molecule has 0 bridgehead atoms. The van der Waals surface area contributed by atoms with Crippen LogP contribution in [0.15, 0.2) is 12.2 Å². The van der Waals surface area contributed by atoms with E-state index in [9.17, 15) is 0 Å². The third-order valence-corrected chi connectivity index (χ3v) is 13.0. The van der Waals surface area contributed by atoms with Crippen molar-refractivity contribution in [3.8, 4) is 0 Å². The molecule has 8 heteroatoms. The van der Waals surface area contributed by atoms with Crippen LogP contribution in [0.3, 0.4) is 0 Å². The summed E-state index contributed by atoms with van der Waals surface area (Å²) in [5.41, 5.74) is 1.33. The van der Waals surface area contributed by atoms with Gasteiger partial charge in [-0.3, -0.25) is 0 Å². The quantitative estimate of drug-likeness (QED) is 0.136. The van der Waals surface area contributed by atoms with E-state index < -0.39 is 34.5 Å². The van der Waals surface area contributed by atoms with Crippen LogP contribution in [-0.2, 0) is 4.12 Å². The van der Waals surface area contributed by atoms with Crippen LogP contribution in [0.5, 0.6) is 0 Å². The number of alkyl halides is 2. The number of rotatable bonds is 10. The predicted molar refractivity (Wildman–Crippen MR) is 249 cm³/mol. The first-order valence-electron chi connectivity index (χ1n) is 19.8. The maximum Gasteiger partial charge on any atom is 0.173 e. The van der Waals surface area contributed by atoms with Gasteiger partial charge < -0.3 is 8.91 Å². The first-order chi connectivity index (χ1) is 21.7. The number of hydrogen-bond acceptors (Lipinski definition) is 2. The van der Waals surface area contributed by atoms with E-state index in [0.29, 0.717) is 0 Å². The van der Waals surface area contributed by atoms with E-state index in [-0.39, 0.29) is 0 Å². The first-order valence-corrected chi connectivity index (χ1v) is 33.0. The lowest BCUT2D eigenvalue weighted by atomic mass is 10.4. The van der Waals surface area contributed by atoms with Gasteiger partial charge in [0, 0.05) is 11.8 Å². The zero-order chi connectivity index (χ0) is 41.4. The van der Waals surface area contributed by atoms with Crippen LogP contribution in [-0.4, -0.2) is 51.0 Å². The fourth-order valence-electron chi connectivity index (χ4n) is 2.64. The van der Waals surface area contributed by atoms with E-state index in [1.165, 1.54) is 30.1 Å². The monoisotopic (exact) mass is 777 g/mol. The largest absolute Gasteiger partial charge is 0.458 e. The SMILES string of the molecule is C=C(C)C[Si](C)(C)CCCCl.CC.CC.CC.CC.CC.CC.CC.CC.CC.CC.C[SiH](C)O.C[SiH](C)O[Si](C)(C)CCCCl. The second-order valence-electron chi connectivity index (χ2n) is 8.90. The summed E-state index contributed by atoms with van der Waals surface area (Å²) < 4.78 is 5.96. The molecule has 0 fully saturated rings. The zero-order valence-corrected chi connectivity index (χ0v) is 44.7. The van der Waals surface area contributed by atoms with Gasteiger partial charge in [-0.15, -0.1) is 29.8 Å². The van der Waals surface area contributed by atoms with E-state index in [2.05, 4.69) is 52.8 Å². The lowest BCUT2D eigenvalue weighted by Crippen LogP contribution is -2.35. The number of allylic oxidation sites excluding steroid dienone is 1. The number of halogens is 2. The summed E-state index contributed by atoms with van der Waals surface area (Å²) in [5.74, 6) is 1.59. The van der Waals surface area contributed by atoms with Gasteiger partial charge in [0.15, 0.2) is 26.4 Å². The Hall–Kier alpha value is 1.11. The molecule has 46 heavy (non-hydrogen) atoms. The molecule has 0 aliphatic carbocycles. The predicted octanol–water partition coefficient (Wildman–Crippen LogP) is 16.9. The third-order valence-electron chi connectivity index (χ3n) is 3.23. The van der Waals surface area contributed by atoms with E-state index in [1.54, 1.807) is 0 Å². The summed E-state index contributed by atoms with van der Waals surface area (Å²) in [5, 5.41) is 0. The van der Waals surface area contributed by atoms with Gasteiger partial charge >= 0.3 is 0 Å². The molecule has 0 heterocycles. The van der Waals surface area contributed by atoms with Gasteiger partial charge in [0.2, 0.25) is 0 Å². The lowest BCUT2D eigenvalue weighted by Gasteiger charge is -2.25. The summed E-state index contributed by atoms with van der Waals surface area (Å²) >= 11 is 11.3. The molecule has 0 aliphatic rings. The Labute approximate surface area is 317 Å². The molecule has 0 rings (SSSR count). The molecule has 0 aromatic carbocycles. The van der Waals surface area contributed by atoms with Crippen LogP contribution in [0.1, 0.15) is 158 Å². The van der Waals surface area contributed by atoms with Crippen molar-refractivity contribution >= 4 is 57.7 Å². The van der Waals surface area contributed by atoms with Gasteiger partial charge in [-0.25, -0.2) is 0 Å².